The Kier molecular flexibility index (Phi) is 5.71. The van der Waals surface area contributed by atoms with Gasteiger partial charge in [0.05, 0.1) is 27.4 Å². The first kappa shape index (κ1) is 18.6. The van der Waals surface area contributed by atoms with E-state index in [0.29, 0.717) is 17.4 Å². The van der Waals surface area contributed by atoms with Gasteiger partial charge in [0, 0.05) is 30.2 Å². The third-order valence-electron chi connectivity index (χ3n) is 4.98. The highest BCUT2D eigenvalue weighted by molar-refractivity contribution is 5.50. The number of hydrogen-bond acceptors (Lipinski definition) is 6. The molecule has 1 aliphatic heterocycles. The van der Waals surface area contributed by atoms with Crippen LogP contribution in [0.15, 0.2) is 22.7 Å². The molecule has 142 valence electrons. The van der Waals surface area contributed by atoms with Crippen molar-refractivity contribution in [3.05, 3.63) is 35.2 Å². The van der Waals surface area contributed by atoms with Gasteiger partial charge in [-0.05, 0) is 25.5 Å². The number of methoxy groups -OCH3 is 3. The lowest BCUT2D eigenvalue weighted by Crippen LogP contribution is -2.23. The van der Waals surface area contributed by atoms with Crippen LogP contribution in [0.1, 0.15) is 55.7 Å². The molecular formula is C20H28N2O4. The molecule has 6 heteroatoms. The first-order valence-electron chi connectivity index (χ1n) is 9.06. The molecule has 0 unspecified atom stereocenters. The van der Waals surface area contributed by atoms with Crippen LogP contribution in [0.2, 0.25) is 0 Å². The third-order valence-corrected chi connectivity index (χ3v) is 4.98. The molecule has 2 aromatic rings. The van der Waals surface area contributed by atoms with Gasteiger partial charge in [-0.2, -0.15) is 0 Å². The van der Waals surface area contributed by atoms with E-state index in [2.05, 4.69) is 30.0 Å². The average molecular weight is 360 g/mol. The number of aromatic nitrogens is 1. The van der Waals surface area contributed by atoms with Crippen molar-refractivity contribution in [2.24, 2.45) is 0 Å². The lowest BCUT2D eigenvalue weighted by molar-refractivity contribution is 0.232. The summed E-state index contributed by atoms with van der Waals surface area (Å²) in [5.74, 6) is 3.47. The molecule has 1 aromatic carbocycles. The second-order valence-corrected chi connectivity index (χ2v) is 6.96. The number of benzene rings is 1. The molecule has 26 heavy (non-hydrogen) atoms. The largest absolute Gasteiger partial charge is 0.496 e. The van der Waals surface area contributed by atoms with E-state index in [9.17, 15) is 0 Å². The van der Waals surface area contributed by atoms with Crippen LogP contribution in [0.25, 0.3) is 0 Å². The number of ether oxygens (including phenoxy) is 3. The van der Waals surface area contributed by atoms with Crippen LogP contribution in [-0.4, -0.2) is 37.9 Å². The number of likely N-dealkylation sites (tertiary alicyclic amines) is 1. The van der Waals surface area contributed by atoms with Gasteiger partial charge in [0.2, 0.25) is 0 Å². The zero-order chi connectivity index (χ0) is 18.7. The predicted octanol–water partition coefficient (Wildman–Crippen LogP) is 4.16. The monoisotopic (exact) mass is 360 g/mol. The average Bonchev–Trinajstić information content (AvgIpc) is 3.30. The highest BCUT2D eigenvalue weighted by Crippen LogP contribution is 2.39. The fourth-order valence-corrected chi connectivity index (χ4v) is 3.52. The van der Waals surface area contributed by atoms with E-state index in [0.717, 1.165) is 48.7 Å². The van der Waals surface area contributed by atoms with E-state index < -0.39 is 0 Å². The zero-order valence-electron chi connectivity index (χ0n) is 16.2. The minimum atomic E-state index is 0.268. The maximum atomic E-state index is 5.58. The van der Waals surface area contributed by atoms with Crippen LogP contribution >= 0.6 is 0 Å². The fourth-order valence-electron chi connectivity index (χ4n) is 3.52. The summed E-state index contributed by atoms with van der Waals surface area (Å²) in [6.45, 7) is 6.01. The van der Waals surface area contributed by atoms with E-state index in [1.54, 1.807) is 21.3 Å². The van der Waals surface area contributed by atoms with Gasteiger partial charge < -0.3 is 18.7 Å². The number of hydrogen-bond donors (Lipinski definition) is 0. The molecule has 1 aromatic heterocycles. The van der Waals surface area contributed by atoms with Crippen molar-refractivity contribution in [1.82, 2.24) is 10.1 Å². The van der Waals surface area contributed by atoms with Gasteiger partial charge in [0.25, 0.3) is 0 Å². The Bertz CT molecular complexity index is 741. The highest BCUT2D eigenvalue weighted by Gasteiger charge is 2.30. The Labute approximate surface area is 155 Å². The summed E-state index contributed by atoms with van der Waals surface area (Å²) in [7, 11) is 4.96. The van der Waals surface area contributed by atoms with Gasteiger partial charge in [-0.3, -0.25) is 4.90 Å². The molecule has 3 rings (SSSR count). The summed E-state index contributed by atoms with van der Waals surface area (Å²) in [5.41, 5.74) is 2.09. The minimum Gasteiger partial charge on any atom is -0.496 e. The van der Waals surface area contributed by atoms with Gasteiger partial charge in [-0.1, -0.05) is 19.0 Å². The van der Waals surface area contributed by atoms with E-state index >= 15 is 0 Å². The van der Waals surface area contributed by atoms with E-state index in [4.69, 9.17) is 18.7 Å². The van der Waals surface area contributed by atoms with E-state index in [-0.39, 0.29) is 6.04 Å². The van der Waals surface area contributed by atoms with Gasteiger partial charge in [-0.15, -0.1) is 0 Å². The van der Waals surface area contributed by atoms with Gasteiger partial charge in [-0.25, -0.2) is 0 Å². The Morgan fingerprint density at radius 1 is 1.08 bits per heavy atom. The van der Waals surface area contributed by atoms with Crippen molar-refractivity contribution in [2.75, 3.05) is 27.9 Å². The molecule has 0 bridgehead atoms. The zero-order valence-corrected chi connectivity index (χ0v) is 16.2. The summed E-state index contributed by atoms with van der Waals surface area (Å²) in [6, 6.07) is 6.24. The van der Waals surface area contributed by atoms with Gasteiger partial charge >= 0.3 is 0 Å². The molecule has 1 aliphatic rings. The van der Waals surface area contributed by atoms with Gasteiger partial charge in [0.1, 0.15) is 17.2 Å². The molecule has 0 saturated carbocycles. The van der Waals surface area contributed by atoms with Crippen molar-refractivity contribution < 1.29 is 18.7 Å². The summed E-state index contributed by atoms with van der Waals surface area (Å²) in [4.78, 5) is 2.42. The molecule has 0 spiro atoms. The number of rotatable bonds is 7. The van der Waals surface area contributed by atoms with Crippen LogP contribution in [0, 0.1) is 0 Å². The molecule has 0 aliphatic carbocycles. The highest BCUT2D eigenvalue weighted by atomic mass is 16.5. The number of nitrogens with zero attached hydrogens (tertiary/aromatic N) is 2. The van der Waals surface area contributed by atoms with E-state index in [1.165, 1.54) is 0 Å². The Morgan fingerprint density at radius 2 is 1.77 bits per heavy atom. The normalized spacial score (nSPS) is 17.7. The molecule has 6 nitrogen and oxygen atoms in total. The molecule has 0 N–H and O–H groups in total. The molecular weight excluding hydrogens is 332 g/mol. The van der Waals surface area contributed by atoms with Crippen molar-refractivity contribution in [3.63, 3.8) is 0 Å². The third kappa shape index (κ3) is 3.65. The maximum Gasteiger partial charge on any atom is 0.164 e. The quantitative estimate of drug-likeness (QED) is 0.739. The standard InChI is InChI=1S/C20H28N2O4/c1-13(2)17-10-15(21-26-17)16-7-6-8-22(16)12-14-9-19(24-4)20(25-5)11-18(14)23-3/h9-11,13,16H,6-8,12H2,1-5H3/t16-/m0/s1. The Morgan fingerprint density at radius 3 is 2.38 bits per heavy atom. The van der Waals surface area contributed by atoms with Crippen LogP contribution in [0.3, 0.4) is 0 Å². The van der Waals surface area contributed by atoms with Crippen molar-refractivity contribution in [2.45, 2.75) is 45.2 Å². The Hall–Kier alpha value is -2.21. The summed E-state index contributed by atoms with van der Waals surface area (Å²) >= 11 is 0. The lowest BCUT2D eigenvalue weighted by Gasteiger charge is -2.24. The van der Waals surface area contributed by atoms with E-state index in [1.807, 2.05) is 12.1 Å². The summed E-state index contributed by atoms with van der Waals surface area (Å²) in [5, 5.41) is 4.32. The van der Waals surface area contributed by atoms with Crippen molar-refractivity contribution >= 4 is 0 Å². The molecule has 2 heterocycles. The smallest absolute Gasteiger partial charge is 0.164 e. The topological polar surface area (TPSA) is 57.0 Å². The molecule has 1 atom stereocenters. The van der Waals surface area contributed by atoms with Crippen molar-refractivity contribution in [3.8, 4) is 17.2 Å². The molecule has 0 radical (unpaired) electrons. The van der Waals surface area contributed by atoms with Crippen LogP contribution < -0.4 is 14.2 Å². The lowest BCUT2D eigenvalue weighted by atomic mass is 10.1. The minimum absolute atomic E-state index is 0.268. The summed E-state index contributed by atoms with van der Waals surface area (Å²) in [6.07, 6.45) is 2.23. The van der Waals surface area contributed by atoms with Crippen molar-refractivity contribution in [1.29, 1.82) is 0 Å². The molecule has 1 fully saturated rings. The van der Waals surface area contributed by atoms with Crippen LogP contribution in [0.4, 0.5) is 0 Å². The predicted molar refractivity (Wildman–Crippen MR) is 99.1 cm³/mol. The molecule has 1 saturated heterocycles. The van der Waals surface area contributed by atoms with Gasteiger partial charge in [0.15, 0.2) is 11.5 Å². The van der Waals surface area contributed by atoms with Crippen LogP contribution in [0.5, 0.6) is 17.2 Å². The van der Waals surface area contributed by atoms with Crippen LogP contribution in [-0.2, 0) is 6.54 Å². The Balaban J connectivity index is 1.84. The second kappa shape index (κ2) is 7.99. The SMILES string of the molecule is COc1cc(OC)c(OC)cc1CN1CCC[C@H]1c1cc(C(C)C)on1. The summed E-state index contributed by atoms with van der Waals surface area (Å²) < 4.78 is 21.9. The first-order valence-corrected chi connectivity index (χ1v) is 9.06. The maximum absolute atomic E-state index is 5.58. The first-order chi connectivity index (χ1) is 12.6. The molecule has 0 amide bonds. The fraction of sp³-hybridized carbons (Fsp3) is 0.550. The second-order valence-electron chi connectivity index (χ2n) is 6.96.